The summed E-state index contributed by atoms with van der Waals surface area (Å²) in [5, 5.41) is 0. The van der Waals surface area contributed by atoms with E-state index in [4.69, 9.17) is 10.5 Å². The Bertz CT molecular complexity index is 1020. The number of ether oxygens (including phenoxy) is 1. The van der Waals surface area contributed by atoms with Gasteiger partial charge in [0.15, 0.2) is 0 Å². The van der Waals surface area contributed by atoms with Crippen LogP contribution >= 0.6 is 0 Å². The van der Waals surface area contributed by atoms with Gasteiger partial charge in [-0.15, -0.1) is 0 Å². The van der Waals surface area contributed by atoms with Crippen molar-refractivity contribution in [3.05, 3.63) is 89.7 Å². The summed E-state index contributed by atoms with van der Waals surface area (Å²) in [6, 6.07) is 17.9. The number of anilines is 2. The fraction of sp³-hybridized carbons (Fsp3) is 0.136. The van der Waals surface area contributed by atoms with Crippen LogP contribution < -0.4 is 10.6 Å². The van der Waals surface area contributed by atoms with Gasteiger partial charge in [-0.3, -0.25) is 14.7 Å². The largest absolute Gasteiger partial charge is 0.457 e. The highest BCUT2D eigenvalue weighted by molar-refractivity contribution is 6.00. The molecule has 6 heteroatoms. The highest BCUT2D eigenvalue weighted by Gasteiger charge is 2.31. The van der Waals surface area contributed by atoms with Gasteiger partial charge in [-0.1, -0.05) is 42.5 Å². The molecule has 0 saturated carbocycles. The Morgan fingerprint density at radius 2 is 1.79 bits per heavy atom. The molecule has 3 aromatic rings. The van der Waals surface area contributed by atoms with E-state index in [-0.39, 0.29) is 12.4 Å². The summed E-state index contributed by atoms with van der Waals surface area (Å²) in [6.45, 7) is 0. The molecule has 0 bridgehead atoms. The number of para-hydroxylation sites is 2. The zero-order valence-corrected chi connectivity index (χ0v) is 15.1. The number of hydrogen-bond donors (Lipinski definition) is 1. The minimum Gasteiger partial charge on any atom is -0.457 e. The van der Waals surface area contributed by atoms with E-state index in [1.807, 2.05) is 54.6 Å². The smallest absolute Gasteiger partial charge is 0.323 e. The maximum absolute atomic E-state index is 12.6. The fourth-order valence-corrected chi connectivity index (χ4v) is 3.52. The van der Waals surface area contributed by atoms with Crippen LogP contribution in [-0.4, -0.2) is 17.0 Å². The number of pyridine rings is 1. The van der Waals surface area contributed by atoms with Crippen LogP contribution in [0.4, 0.5) is 16.2 Å². The Labute approximate surface area is 162 Å². The summed E-state index contributed by atoms with van der Waals surface area (Å²) in [7, 11) is 0. The number of carbonyl (C=O) groups is 2. The summed E-state index contributed by atoms with van der Waals surface area (Å²) in [5.74, 6) is -0.349. The second kappa shape index (κ2) is 7.52. The van der Waals surface area contributed by atoms with Gasteiger partial charge < -0.3 is 10.5 Å². The lowest BCUT2D eigenvalue weighted by Gasteiger charge is -2.23. The van der Waals surface area contributed by atoms with Crippen LogP contribution in [0.25, 0.3) is 0 Å². The standard InChI is InChI=1S/C22H19N3O3/c23-22(27)25-18-9-3-1-7-16(18)13-20(17-8-2-4-10-19(17)25)28-21(26)12-15-6-5-11-24-14-15/h1-11,14,20H,12-13H2,(H2,23,27). The van der Waals surface area contributed by atoms with E-state index < -0.39 is 12.1 Å². The van der Waals surface area contributed by atoms with Crippen LogP contribution in [-0.2, 0) is 22.4 Å². The first kappa shape index (κ1) is 17.7. The third-order valence-corrected chi connectivity index (χ3v) is 4.73. The van der Waals surface area contributed by atoms with Crippen LogP contribution in [0.3, 0.4) is 0 Å². The van der Waals surface area contributed by atoms with Gasteiger partial charge in [-0.2, -0.15) is 0 Å². The van der Waals surface area contributed by atoms with Gasteiger partial charge in [0, 0.05) is 24.4 Å². The Kier molecular flexibility index (Phi) is 4.76. The number of benzene rings is 2. The van der Waals surface area contributed by atoms with Crippen molar-refractivity contribution in [2.24, 2.45) is 5.73 Å². The first-order valence-electron chi connectivity index (χ1n) is 8.98. The number of aromatic nitrogens is 1. The van der Waals surface area contributed by atoms with Crippen LogP contribution in [0.2, 0.25) is 0 Å². The summed E-state index contributed by atoms with van der Waals surface area (Å²) < 4.78 is 5.84. The molecule has 0 radical (unpaired) electrons. The molecule has 2 heterocycles. The number of primary amides is 1. The van der Waals surface area contributed by atoms with Crippen molar-refractivity contribution >= 4 is 23.4 Å². The van der Waals surface area contributed by atoms with E-state index in [9.17, 15) is 9.59 Å². The van der Waals surface area contributed by atoms with Crippen LogP contribution in [0.5, 0.6) is 0 Å². The maximum Gasteiger partial charge on any atom is 0.323 e. The number of esters is 1. The molecule has 1 unspecified atom stereocenters. The molecule has 2 aromatic carbocycles. The molecule has 0 aliphatic carbocycles. The fourth-order valence-electron chi connectivity index (χ4n) is 3.52. The lowest BCUT2D eigenvalue weighted by molar-refractivity contribution is -0.148. The number of amides is 2. The van der Waals surface area contributed by atoms with E-state index in [1.54, 1.807) is 18.5 Å². The highest BCUT2D eigenvalue weighted by Crippen LogP contribution is 2.41. The second-order valence-corrected chi connectivity index (χ2v) is 6.58. The van der Waals surface area contributed by atoms with Gasteiger partial charge in [-0.05, 0) is 29.3 Å². The Balaban J connectivity index is 1.70. The van der Waals surface area contributed by atoms with Gasteiger partial charge in [0.05, 0.1) is 17.8 Å². The number of nitrogens with zero attached hydrogens (tertiary/aromatic N) is 2. The Morgan fingerprint density at radius 3 is 2.54 bits per heavy atom. The second-order valence-electron chi connectivity index (χ2n) is 6.58. The Morgan fingerprint density at radius 1 is 1.04 bits per heavy atom. The number of nitrogens with two attached hydrogens (primary N) is 1. The molecule has 1 aliphatic heterocycles. The molecule has 140 valence electrons. The van der Waals surface area contributed by atoms with E-state index >= 15 is 0 Å². The minimum absolute atomic E-state index is 0.133. The number of hydrogen-bond acceptors (Lipinski definition) is 4. The molecule has 6 nitrogen and oxygen atoms in total. The van der Waals surface area contributed by atoms with Gasteiger partial charge in [0.2, 0.25) is 0 Å². The summed E-state index contributed by atoms with van der Waals surface area (Å²) in [6.07, 6.45) is 3.37. The first-order valence-corrected chi connectivity index (χ1v) is 8.98. The zero-order chi connectivity index (χ0) is 19.5. The SMILES string of the molecule is NC(=O)N1c2ccccc2CC(OC(=O)Cc2cccnc2)c2ccccc21. The lowest BCUT2D eigenvalue weighted by Crippen LogP contribution is -2.32. The molecule has 0 spiro atoms. The van der Waals surface area contributed by atoms with Gasteiger partial charge >= 0.3 is 12.0 Å². The van der Waals surface area contributed by atoms with Crippen molar-refractivity contribution in [2.45, 2.75) is 18.9 Å². The zero-order valence-electron chi connectivity index (χ0n) is 15.1. The molecule has 0 saturated heterocycles. The van der Waals surface area contributed by atoms with Gasteiger partial charge in [-0.25, -0.2) is 4.79 Å². The maximum atomic E-state index is 12.6. The summed E-state index contributed by atoms with van der Waals surface area (Å²) in [5.41, 5.74) is 9.43. The van der Waals surface area contributed by atoms with Crippen molar-refractivity contribution in [3.8, 4) is 0 Å². The van der Waals surface area contributed by atoms with Gasteiger partial charge in [0.25, 0.3) is 0 Å². The normalized spacial score (nSPS) is 15.1. The predicted octanol–water partition coefficient (Wildman–Crippen LogP) is 3.68. The summed E-state index contributed by atoms with van der Waals surface area (Å²) in [4.78, 5) is 30.3. The Hall–Kier alpha value is -3.67. The molecule has 28 heavy (non-hydrogen) atoms. The van der Waals surface area contributed by atoms with E-state index in [1.165, 1.54) is 4.90 Å². The molecule has 1 aliphatic rings. The molecule has 4 rings (SSSR count). The molecular weight excluding hydrogens is 354 g/mol. The van der Waals surface area contributed by atoms with Crippen LogP contribution in [0, 0.1) is 0 Å². The van der Waals surface area contributed by atoms with Crippen molar-refractivity contribution in [1.82, 2.24) is 4.98 Å². The van der Waals surface area contributed by atoms with Crippen molar-refractivity contribution in [3.63, 3.8) is 0 Å². The molecular formula is C22H19N3O3. The predicted molar refractivity (Wildman–Crippen MR) is 105 cm³/mol. The van der Waals surface area contributed by atoms with E-state index in [0.717, 1.165) is 16.7 Å². The third-order valence-electron chi connectivity index (χ3n) is 4.73. The first-order chi connectivity index (χ1) is 13.6. The van der Waals surface area contributed by atoms with Crippen LogP contribution in [0.15, 0.2) is 73.1 Å². The van der Waals surface area contributed by atoms with E-state index in [0.29, 0.717) is 17.8 Å². The van der Waals surface area contributed by atoms with Crippen LogP contribution in [0.1, 0.15) is 22.8 Å². The number of urea groups is 1. The lowest BCUT2D eigenvalue weighted by atomic mass is 10.0. The van der Waals surface area contributed by atoms with Crippen molar-refractivity contribution < 1.29 is 14.3 Å². The van der Waals surface area contributed by atoms with Crippen molar-refractivity contribution in [1.29, 1.82) is 0 Å². The third kappa shape index (κ3) is 3.44. The topological polar surface area (TPSA) is 85.5 Å². The van der Waals surface area contributed by atoms with Gasteiger partial charge in [0.1, 0.15) is 6.10 Å². The monoisotopic (exact) mass is 373 g/mol. The average Bonchev–Trinajstić information content (AvgIpc) is 2.83. The number of carbonyl (C=O) groups excluding carboxylic acids is 2. The quantitative estimate of drug-likeness (QED) is 0.710. The molecule has 2 N–H and O–H groups in total. The average molecular weight is 373 g/mol. The number of rotatable bonds is 3. The van der Waals surface area contributed by atoms with Crippen molar-refractivity contribution in [2.75, 3.05) is 4.90 Å². The molecule has 0 fully saturated rings. The number of fused-ring (bicyclic) bond motifs is 2. The molecule has 1 atom stereocenters. The highest BCUT2D eigenvalue weighted by atomic mass is 16.5. The van der Waals surface area contributed by atoms with E-state index in [2.05, 4.69) is 4.98 Å². The molecule has 2 amide bonds. The molecule has 1 aromatic heterocycles. The minimum atomic E-state index is -0.581. The summed E-state index contributed by atoms with van der Waals surface area (Å²) >= 11 is 0.